The van der Waals surface area contributed by atoms with Gasteiger partial charge in [0, 0.05) is 0 Å². The molecule has 0 saturated carbocycles. The Kier molecular flexibility index (Phi) is 17.2. The highest BCUT2D eigenvalue weighted by atomic mass is 14.4. The van der Waals surface area contributed by atoms with Crippen LogP contribution in [0.1, 0.15) is 189 Å². The minimum atomic E-state index is 0.00879. The van der Waals surface area contributed by atoms with Crippen LogP contribution in [0.3, 0.4) is 0 Å². The van der Waals surface area contributed by atoms with Crippen LogP contribution in [-0.4, -0.2) is 0 Å². The minimum Gasteiger partial charge on any atom is -0.0654 e. The lowest BCUT2D eigenvalue weighted by atomic mass is 9.69. The predicted molar refractivity (Wildman–Crippen MR) is 239 cm³/mol. The van der Waals surface area contributed by atoms with Crippen LogP contribution in [0.4, 0.5) is 0 Å². The Morgan fingerprint density at radius 1 is 0.315 bits per heavy atom. The summed E-state index contributed by atoms with van der Waals surface area (Å²) in [5.41, 5.74) is 14.0. The van der Waals surface area contributed by atoms with Crippen molar-refractivity contribution in [2.75, 3.05) is 0 Å². The van der Waals surface area contributed by atoms with Crippen molar-refractivity contribution in [1.29, 1.82) is 0 Å². The standard InChI is InChI=1S/C54H78/c1-10-13-16-19-29-43-32-22-25-37-49(43)52(4,5)40-46-35-28-36-47(41-53(6,7)50-38-26-23-33-44(50)30-20-17-14-11-2)48(46)42-54(8,9)51-39-27-24-34-45(51)31-21-18-15-12-3/h22-28,32-39H,10-21,29-31,40-42H2,1-9H3. The zero-order valence-corrected chi connectivity index (χ0v) is 36.4. The maximum Gasteiger partial charge on any atom is -0.00603 e. The first-order valence-electron chi connectivity index (χ1n) is 22.3. The maximum absolute atomic E-state index is 2.52. The van der Waals surface area contributed by atoms with Gasteiger partial charge in [0.1, 0.15) is 0 Å². The van der Waals surface area contributed by atoms with Gasteiger partial charge in [0.2, 0.25) is 0 Å². The highest BCUT2D eigenvalue weighted by Gasteiger charge is 2.32. The van der Waals surface area contributed by atoms with Crippen LogP contribution in [0.5, 0.6) is 0 Å². The Bertz CT molecular complexity index is 1590. The molecule has 0 spiro atoms. The van der Waals surface area contributed by atoms with Crippen LogP contribution in [0.25, 0.3) is 0 Å². The summed E-state index contributed by atoms with van der Waals surface area (Å²) >= 11 is 0. The molecule has 0 aromatic heterocycles. The molecule has 0 aliphatic carbocycles. The maximum atomic E-state index is 2.52. The van der Waals surface area contributed by atoms with E-state index in [0.29, 0.717) is 0 Å². The van der Waals surface area contributed by atoms with Crippen molar-refractivity contribution in [3.8, 4) is 0 Å². The van der Waals surface area contributed by atoms with Crippen molar-refractivity contribution >= 4 is 0 Å². The van der Waals surface area contributed by atoms with E-state index < -0.39 is 0 Å². The second kappa shape index (κ2) is 21.3. The van der Waals surface area contributed by atoms with Crippen LogP contribution in [0.2, 0.25) is 0 Å². The molecule has 0 aliphatic heterocycles. The van der Waals surface area contributed by atoms with E-state index in [0.717, 1.165) is 19.3 Å². The SMILES string of the molecule is CCCCCCc1ccccc1C(C)(C)Cc1cccc(CC(C)(C)c2ccccc2CCCCCC)c1CC(C)(C)c1ccccc1CCCCCC. The van der Waals surface area contributed by atoms with E-state index in [1.165, 1.54) is 124 Å². The molecule has 0 fully saturated rings. The second-order valence-electron chi connectivity index (χ2n) is 18.6. The molecule has 0 N–H and O–H groups in total. The summed E-state index contributed by atoms with van der Waals surface area (Å²) in [5.74, 6) is 0. The molecule has 54 heavy (non-hydrogen) atoms. The topological polar surface area (TPSA) is 0 Å². The van der Waals surface area contributed by atoms with Gasteiger partial charge in [0.15, 0.2) is 0 Å². The van der Waals surface area contributed by atoms with Crippen LogP contribution < -0.4 is 0 Å². The third kappa shape index (κ3) is 12.4. The molecule has 0 saturated heterocycles. The van der Waals surface area contributed by atoms with Crippen molar-refractivity contribution in [3.63, 3.8) is 0 Å². The average Bonchev–Trinajstić information content (AvgIpc) is 3.15. The molecular weight excluding hydrogens is 649 g/mol. The van der Waals surface area contributed by atoms with E-state index in [9.17, 15) is 0 Å². The Labute approximate surface area is 334 Å². The van der Waals surface area contributed by atoms with Crippen LogP contribution in [-0.2, 0) is 54.8 Å². The molecule has 0 unspecified atom stereocenters. The molecule has 0 aliphatic rings. The van der Waals surface area contributed by atoms with Gasteiger partial charge in [-0.15, -0.1) is 0 Å². The Morgan fingerprint density at radius 2 is 0.611 bits per heavy atom. The van der Waals surface area contributed by atoms with Gasteiger partial charge in [0.05, 0.1) is 0 Å². The zero-order chi connectivity index (χ0) is 39.0. The first-order chi connectivity index (χ1) is 25.9. The summed E-state index contributed by atoms with van der Waals surface area (Å²) < 4.78 is 0. The zero-order valence-electron chi connectivity index (χ0n) is 36.4. The van der Waals surface area contributed by atoms with Crippen molar-refractivity contribution in [3.05, 3.63) is 141 Å². The molecule has 0 amide bonds. The molecule has 4 aromatic rings. The van der Waals surface area contributed by atoms with Crippen molar-refractivity contribution < 1.29 is 0 Å². The number of aryl methyl sites for hydroxylation is 3. The van der Waals surface area contributed by atoms with Gasteiger partial charge in [-0.25, -0.2) is 0 Å². The molecule has 0 bridgehead atoms. The molecule has 0 heterocycles. The predicted octanol–water partition coefficient (Wildman–Crippen LogP) is 15.6. The Hall–Kier alpha value is -3.12. The smallest absolute Gasteiger partial charge is 0.00603 e. The largest absolute Gasteiger partial charge is 0.0654 e. The van der Waals surface area contributed by atoms with E-state index in [1.807, 2.05) is 0 Å². The highest BCUT2D eigenvalue weighted by Crippen LogP contribution is 2.40. The molecule has 0 radical (unpaired) electrons. The summed E-state index contributed by atoms with van der Waals surface area (Å²) in [4.78, 5) is 0. The van der Waals surface area contributed by atoms with E-state index in [1.54, 1.807) is 22.3 Å². The quantitative estimate of drug-likeness (QED) is 0.0631. The van der Waals surface area contributed by atoms with Gasteiger partial charge < -0.3 is 0 Å². The van der Waals surface area contributed by atoms with Gasteiger partial charge in [-0.3, -0.25) is 0 Å². The summed E-state index contributed by atoms with van der Waals surface area (Å²) in [6, 6.07) is 35.5. The lowest BCUT2D eigenvalue weighted by Gasteiger charge is -2.35. The third-order valence-corrected chi connectivity index (χ3v) is 12.4. The number of benzene rings is 4. The molecule has 4 aromatic carbocycles. The first kappa shape index (κ1) is 43.6. The van der Waals surface area contributed by atoms with E-state index >= 15 is 0 Å². The summed E-state index contributed by atoms with van der Waals surface area (Å²) in [6.07, 6.45) is 22.3. The van der Waals surface area contributed by atoms with Gasteiger partial charge in [-0.05, 0) is 124 Å². The van der Waals surface area contributed by atoms with E-state index in [2.05, 4.69) is 153 Å². The number of unbranched alkanes of at least 4 members (excludes halogenated alkanes) is 9. The van der Waals surface area contributed by atoms with Gasteiger partial charge in [0.25, 0.3) is 0 Å². The van der Waals surface area contributed by atoms with Crippen LogP contribution >= 0.6 is 0 Å². The van der Waals surface area contributed by atoms with E-state index in [-0.39, 0.29) is 16.2 Å². The normalized spacial score (nSPS) is 12.4. The minimum absolute atomic E-state index is 0.00879. The van der Waals surface area contributed by atoms with Crippen LogP contribution in [0.15, 0.2) is 91.0 Å². The van der Waals surface area contributed by atoms with Crippen molar-refractivity contribution in [2.24, 2.45) is 0 Å². The number of hydrogen-bond acceptors (Lipinski definition) is 0. The van der Waals surface area contributed by atoms with Crippen molar-refractivity contribution in [2.45, 2.75) is 194 Å². The molecular formula is C54H78. The Morgan fingerprint density at radius 3 is 0.944 bits per heavy atom. The van der Waals surface area contributed by atoms with E-state index in [4.69, 9.17) is 0 Å². The fraction of sp³-hybridized carbons (Fsp3) is 0.556. The Balaban J connectivity index is 1.76. The monoisotopic (exact) mass is 727 g/mol. The third-order valence-electron chi connectivity index (χ3n) is 12.4. The van der Waals surface area contributed by atoms with Crippen LogP contribution in [0, 0.1) is 0 Å². The van der Waals surface area contributed by atoms with Crippen molar-refractivity contribution in [1.82, 2.24) is 0 Å². The number of hydrogen-bond donors (Lipinski definition) is 0. The molecule has 4 rings (SSSR count). The van der Waals surface area contributed by atoms with Gasteiger partial charge in [-0.1, -0.05) is 211 Å². The van der Waals surface area contributed by atoms with Gasteiger partial charge >= 0.3 is 0 Å². The lowest BCUT2D eigenvalue weighted by Crippen LogP contribution is -2.29. The second-order valence-corrected chi connectivity index (χ2v) is 18.6. The molecule has 0 heteroatoms. The first-order valence-corrected chi connectivity index (χ1v) is 22.3. The molecule has 294 valence electrons. The lowest BCUT2D eigenvalue weighted by molar-refractivity contribution is 0.479. The fourth-order valence-corrected chi connectivity index (χ4v) is 9.35. The summed E-state index contributed by atoms with van der Waals surface area (Å²) in [6.45, 7) is 22.0. The molecule has 0 nitrogen and oxygen atoms in total. The highest BCUT2D eigenvalue weighted by molar-refractivity contribution is 5.45. The van der Waals surface area contributed by atoms with Gasteiger partial charge in [-0.2, -0.15) is 0 Å². The summed E-state index contributed by atoms with van der Waals surface area (Å²) in [7, 11) is 0. The summed E-state index contributed by atoms with van der Waals surface area (Å²) in [5, 5.41) is 0. The fourth-order valence-electron chi connectivity index (χ4n) is 9.35. The number of rotatable bonds is 24. The molecule has 0 atom stereocenters. The average molecular weight is 727 g/mol.